The SMILES string of the molecule is C.CC.CC.CC.CC.CC.CC(C)C.[2HH].[B]. The zero-order valence-electron chi connectivity index (χ0n) is 14.2. The van der Waals surface area contributed by atoms with E-state index in [1.165, 1.54) is 0 Å². The molecule has 0 rings (SSSR count). The molecule has 109 valence electrons. The molecule has 0 aromatic heterocycles. The van der Waals surface area contributed by atoms with Crippen LogP contribution < -0.4 is 0 Å². The molecule has 0 aliphatic rings. The molecule has 0 nitrogen and oxygen atoms in total. The van der Waals surface area contributed by atoms with E-state index < -0.39 is 0 Å². The lowest BCUT2D eigenvalue weighted by Crippen LogP contribution is -1.66. The van der Waals surface area contributed by atoms with Crippen molar-refractivity contribution in [3.05, 3.63) is 0 Å². The normalized spacial score (nSPS) is 4.12. The van der Waals surface area contributed by atoms with Crippen LogP contribution >= 0.6 is 0 Å². The molecule has 0 bridgehead atoms. The smallest absolute Gasteiger partial charge is 0 e. The van der Waals surface area contributed by atoms with Gasteiger partial charge < -0.3 is 0 Å². The van der Waals surface area contributed by atoms with Crippen molar-refractivity contribution in [1.29, 1.82) is 0 Å². The summed E-state index contributed by atoms with van der Waals surface area (Å²) in [5.74, 6) is 0.833. The Bertz CT molecular complexity index is 15.6. The maximum Gasteiger partial charge on any atom is 0 e. The van der Waals surface area contributed by atoms with Gasteiger partial charge in [0, 0.05) is 9.84 Å². The predicted octanol–water partition coefficient (Wildman–Crippen LogP) is 7.29. The van der Waals surface area contributed by atoms with Crippen LogP contribution in [0.1, 0.15) is 98.9 Å². The largest absolute Gasteiger partial charge is 0.0776 e. The van der Waals surface area contributed by atoms with Crippen LogP contribution in [0, 0.1) is 5.92 Å². The average Bonchev–Trinajstić information content (AvgIpc) is 2.30. The van der Waals surface area contributed by atoms with Crippen molar-refractivity contribution in [2.45, 2.75) is 97.4 Å². The van der Waals surface area contributed by atoms with E-state index in [1.54, 1.807) is 0 Å². The summed E-state index contributed by atoms with van der Waals surface area (Å²) in [7, 11) is 0. The van der Waals surface area contributed by atoms with Crippen LogP contribution in [0.15, 0.2) is 0 Å². The Labute approximate surface area is 114 Å². The first-order valence-electron chi connectivity index (χ1n) is 6.73. The Kier molecular flexibility index (Phi) is 1110. The quantitative estimate of drug-likeness (QED) is 0.388. The maximum atomic E-state index is 2.17. The molecule has 0 heterocycles. The van der Waals surface area contributed by atoms with Crippen molar-refractivity contribution in [2.75, 3.05) is 0 Å². The van der Waals surface area contributed by atoms with E-state index in [4.69, 9.17) is 0 Å². The molecule has 0 spiro atoms. The van der Waals surface area contributed by atoms with E-state index in [0.717, 1.165) is 5.92 Å². The molecule has 0 amide bonds. The molecule has 1 heteroatoms. The van der Waals surface area contributed by atoms with E-state index in [0.29, 0.717) is 0 Å². The molecular weight excluding hydrogens is 191 g/mol. The minimum atomic E-state index is 0. The monoisotopic (exact) mass is 238 g/mol. The molecule has 0 saturated heterocycles. The van der Waals surface area contributed by atoms with Gasteiger partial charge in [-0.15, -0.1) is 0 Å². The fraction of sp³-hybridized carbons (Fsp3) is 1.00. The molecule has 16 heavy (non-hydrogen) atoms. The maximum absolute atomic E-state index is 2.17. The third kappa shape index (κ3) is 569000. The van der Waals surface area contributed by atoms with Gasteiger partial charge >= 0.3 is 0 Å². The molecule has 0 aliphatic heterocycles. The van der Waals surface area contributed by atoms with Crippen molar-refractivity contribution < 1.29 is 1.43 Å². The van der Waals surface area contributed by atoms with Crippen LogP contribution in [0.4, 0.5) is 0 Å². The average molecular weight is 238 g/mol. The molecule has 0 N–H and O–H groups in total. The second kappa shape index (κ2) is 317. The van der Waals surface area contributed by atoms with E-state index in [2.05, 4.69) is 20.8 Å². The fourth-order valence-electron chi connectivity index (χ4n) is 0. The Morgan fingerprint density at radius 2 is 0.500 bits per heavy atom. The third-order valence-electron chi connectivity index (χ3n) is 0. The van der Waals surface area contributed by atoms with Gasteiger partial charge in [0.15, 0.2) is 0 Å². The van der Waals surface area contributed by atoms with Crippen LogP contribution in [0.3, 0.4) is 0 Å². The summed E-state index contributed by atoms with van der Waals surface area (Å²) in [4.78, 5) is 0. The lowest BCUT2D eigenvalue weighted by Gasteiger charge is -1.79. The molecule has 0 fully saturated rings. The highest BCUT2D eigenvalue weighted by molar-refractivity contribution is 5.75. The van der Waals surface area contributed by atoms with Gasteiger partial charge in [0.05, 0.1) is 0 Å². The fourth-order valence-corrected chi connectivity index (χ4v) is 0. The summed E-state index contributed by atoms with van der Waals surface area (Å²) in [5.41, 5.74) is 0. The van der Waals surface area contributed by atoms with Gasteiger partial charge in [-0.2, -0.15) is 0 Å². The van der Waals surface area contributed by atoms with Crippen molar-refractivity contribution >= 4 is 8.41 Å². The minimum absolute atomic E-state index is 0. The third-order valence-corrected chi connectivity index (χ3v) is 0. The zero-order valence-corrected chi connectivity index (χ0v) is 14.2. The zero-order chi connectivity index (χ0) is 13.6. The van der Waals surface area contributed by atoms with Gasteiger partial charge in [0.25, 0.3) is 0 Å². The molecule has 0 atom stereocenters. The molecule has 3 radical (unpaired) electrons. The van der Waals surface area contributed by atoms with Crippen LogP contribution in [0.2, 0.25) is 0 Å². The van der Waals surface area contributed by atoms with E-state index >= 15 is 0 Å². The van der Waals surface area contributed by atoms with Crippen LogP contribution in [0.5, 0.6) is 0 Å². The summed E-state index contributed by atoms with van der Waals surface area (Å²) >= 11 is 0. The first-order valence-corrected chi connectivity index (χ1v) is 6.73. The lowest BCUT2D eigenvalue weighted by molar-refractivity contribution is 0.737. The highest BCUT2D eigenvalue weighted by atomic mass is 13.7. The van der Waals surface area contributed by atoms with Gasteiger partial charge in [-0.3, -0.25) is 0 Å². The van der Waals surface area contributed by atoms with Crippen molar-refractivity contribution in [3.63, 3.8) is 0 Å². The molecule has 0 aliphatic carbocycles. The Balaban J connectivity index is -0.00000000645. The number of hydrogen-bond donors (Lipinski definition) is 0. The van der Waals surface area contributed by atoms with E-state index in [1.807, 2.05) is 69.2 Å². The lowest BCUT2D eigenvalue weighted by atomic mass is 10.3. The Hall–Kier alpha value is 0.0649. The first kappa shape index (κ1) is 56.1. The molecule has 0 saturated carbocycles. The summed E-state index contributed by atoms with van der Waals surface area (Å²) in [6.45, 7) is 26.5. The van der Waals surface area contributed by atoms with Crippen molar-refractivity contribution in [2.24, 2.45) is 5.92 Å². The number of rotatable bonds is 0. The summed E-state index contributed by atoms with van der Waals surface area (Å²) in [6.07, 6.45) is 0. The highest BCUT2D eigenvalue weighted by Gasteiger charge is 1.68. The van der Waals surface area contributed by atoms with Gasteiger partial charge in [0.1, 0.15) is 0 Å². The van der Waals surface area contributed by atoms with Crippen LogP contribution in [0.25, 0.3) is 0 Å². The predicted molar refractivity (Wildman–Crippen MR) is 91.9 cm³/mol. The van der Waals surface area contributed by atoms with Crippen molar-refractivity contribution in [3.8, 4) is 0 Å². The molecular formula is C15H46B. The first-order chi connectivity index (χ1) is 6.73. The number of hydrogen-bond acceptors (Lipinski definition) is 0. The Morgan fingerprint density at radius 1 is 0.500 bits per heavy atom. The summed E-state index contributed by atoms with van der Waals surface area (Å²) < 4.78 is 0. The van der Waals surface area contributed by atoms with Gasteiger partial charge in [-0.05, 0) is 5.92 Å². The van der Waals surface area contributed by atoms with Crippen LogP contribution in [-0.2, 0) is 0 Å². The van der Waals surface area contributed by atoms with Crippen LogP contribution in [-0.4, -0.2) is 8.41 Å². The highest BCUT2D eigenvalue weighted by Crippen LogP contribution is 1.81. The molecule has 0 aromatic rings. The van der Waals surface area contributed by atoms with Gasteiger partial charge in [-0.1, -0.05) is 97.4 Å². The minimum Gasteiger partial charge on any atom is -0.0776 e. The Morgan fingerprint density at radius 3 is 0.500 bits per heavy atom. The molecule has 0 aromatic carbocycles. The van der Waals surface area contributed by atoms with E-state index in [-0.39, 0.29) is 17.3 Å². The topological polar surface area (TPSA) is 0 Å². The van der Waals surface area contributed by atoms with Gasteiger partial charge in [0.2, 0.25) is 0 Å². The van der Waals surface area contributed by atoms with E-state index in [9.17, 15) is 0 Å². The summed E-state index contributed by atoms with van der Waals surface area (Å²) in [6, 6.07) is 0. The second-order valence-corrected chi connectivity index (χ2v) is 1.73. The molecule has 0 unspecified atom stereocenters. The van der Waals surface area contributed by atoms with Crippen molar-refractivity contribution in [1.82, 2.24) is 0 Å². The standard InChI is InChI=1S/C4H10.5C2H6.CH4.B.H2/c1-4(2)3;5*1-2;;;/h4H,1-3H3;5*1-2H3;1H4;;1H/i;;;;;;;;1+1. The second-order valence-electron chi connectivity index (χ2n) is 1.73. The van der Waals surface area contributed by atoms with Gasteiger partial charge in [-0.25, -0.2) is 0 Å². The summed E-state index contributed by atoms with van der Waals surface area (Å²) in [5, 5.41) is 0.